The third-order valence-electron chi connectivity index (χ3n) is 4.22. The number of amides is 1. The van der Waals surface area contributed by atoms with Gasteiger partial charge in [-0.3, -0.25) is 5.32 Å². The summed E-state index contributed by atoms with van der Waals surface area (Å²) in [5.41, 5.74) is -0.291. The van der Waals surface area contributed by atoms with E-state index >= 15 is 0 Å². The molecule has 2 aliphatic rings. The van der Waals surface area contributed by atoms with Crippen molar-refractivity contribution in [2.45, 2.75) is 64.1 Å². The van der Waals surface area contributed by atoms with Crippen LogP contribution in [0.3, 0.4) is 0 Å². The van der Waals surface area contributed by atoms with Gasteiger partial charge >= 0.3 is 6.09 Å². The number of hydrogen-bond acceptors (Lipinski definition) is 5. The summed E-state index contributed by atoms with van der Waals surface area (Å²) < 4.78 is 49.0. The molecular formula is C19H25F2NO5. The first kappa shape index (κ1) is 19.5. The molecule has 0 saturated heterocycles. The lowest BCUT2D eigenvalue weighted by Gasteiger charge is -2.29. The fourth-order valence-corrected chi connectivity index (χ4v) is 3.03. The van der Waals surface area contributed by atoms with Gasteiger partial charge in [0.05, 0.1) is 11.8 Å². The first-order chi connectivity index (χ1) is 12.6. The van der Waals surface area contributed by atoms with Crippen LogP contribution in [0, 0.1) is 0 Å². The van der Waals surface area contributed by atoms with Crippen molar-refractivity contribution in [3.63, 3.8) is 0 Å². The average Bonchev–Trinajstić information content (AvgIpc) is 2.55. The lowest BCUT2D eigenvalue weighted by molar-refractivity contribution is -0.0582. The van der Waals surface area contributed by atoms with Crippen LogP contribution in [-0.2, 0) is 4.74 Å². The number of alkyl halides is 2. The number of rotatable bonds is 3. The van der Waals surface area contributed by atoms with E-state index < -0.39 is 17.6 Å². The second kappa shape index (κ2) is 7.40. The Morgan fingerprint density at radius 1 is 1.19 bits per heavy atom. The standard InChI is InChI=1S/C19H25F2NO5/c1-18(2,3)27-17(23)22-14-10-13(11-15-16(14)25-9-8-24-15)26-12-4-6-19(20,21)7-5-12/h10-12H,4-9H2,1-3H3,(H,22,23). The zero-order chi connectivity index (χ0) is 19.7. The molecule has 1 aliphatic carbocycles. The van der Waals surface area contributed by atoms with E-state index in [1.165, 1.54) is 0 Å². The third-order valence-corrected chi connectivity index (χ3v) is 4.22. The maximum absolute atomic E-state index is 13.3. The van der Waals surface area contributed by atoms with Gasteiger partial charge in [0.25, 0.3) is 0 Å². The Kier molecular flexibility index (Phi) is 5.35. The van der Waals surface area contributed by atoms with Gasteiger partial charge in [-0.25, -0.2) is 13.6 Å². The highest BCUT2D eigenvalue weighted by Crippen LogP contribution is 2.43. The van der Waals surface area contributed by atoms with Crippen molar-refractivity contribution < 1.29 is 32.5 Å². The van der Waals surface area contributed by atoms with E-state index in [0.29, 0.717) is 36.1 Å². The molecule has 1 aliphatic heterocycles. The van der Waals surface area contributed by atoms with Crippen molar-refractivity contribution >= 4 is 11.8 Å². The van der Waals surface area contributed by atoms with E-state index in [-0.39, 0.29) is 31.8 Å². The SMILES string of the molecule is CC(C)(C)OC(=O)Nc1cc(OC2CCC(F)(F)CC2)cc2c1OCCO2. The molecular weight excluding hydrogens is 360 g/mol. The summed E-state index contributed by atoms with van der Waals surface area (Å²) in [6, 6.07) is 3.26. The first-order valence-electron chi connectivity index (χ1n) is 9.09. The number of benzene rings is 1. The van der Waals surface area contributed by atoms with Gasteiger partial charge in [0, 0.05) is 25.0 Å². The lowest BCUT2D eigenvalue weighted by atomic mass is 9.94. The zero-order valence-electron chi connectivity index (χ0n) is 15.8. The number of fused-ring (bicyclic) bond motifs is 1. The number of halogens is 2. The Morgan fingerprint density at radius 3 is 2.52 bits per heavy atom. The maximum atomic E-state index is 13.3. The van der Waals surface area contributed by atoms with Crippen LogP contribution in [0.2, 0.25) is 0 Å². The molecule has 0 bridgehead atoms. The molecule has 0 aromatic heterocycles. The Labute approximate surface area is 157 Å². The molecule has 0 unspecified atom stereocenters. The third kappa shape index (κ3) is 5.37. The molecule has 27 heavy (non-hydrogen) atoms. The van der Waals surface area contributed by atoms with Gasteiger partial charge in [-0.05, 0) is 33.6 Å². The quantitative estimate of drug-likeness (QED) is 0.813. The zero-order valence-corrected chi connectivity index (χ0v) is 15.8. The van der Waals surface area contributed by atoms with Crippen LogP contribution >= 0.6 is 0 Å². The molecule has 1 saturated carbocycles. The van der Waals surface area contributed by atoms with E-state index in [9.17, 15) is 13.6 Å². The molecule has 0 atom stereocenters. The summed E-state index contributed by atoms with van der Waals surface area (Å²) >= 11 is 0. The Morgan fingerprint density at radius 2 is 1.85 bits per heavy atom. The van der Waals surface area contributed by atoms with Crippen LogP contribution in [0.4, 0.5) is 19.3 Å². The fraction of sp³-hybridized carbons (Fsp3) is 0.632. The minimum atomic E-state index is -2.61. The van der Waals surface area contributed by atoms with E-state index in [4.69, 9.17) is 18.9 Å². The minimum Gasteiger partial charge on any atom is -0.490 e. The van der Waals surface area contributed by atoms with Crippen LogP contribution in [0.25, 0.3) is 0 Å². The van der Waals surface area contributed by atoms with Crippen LogP contribution in [0.1, 0.15) is 46.5 Å². The second-order valence-electron chi connectivity index (χ2n) is 7.80. The van der Waals surface area contributed by atoms with E-state index in [1.54, 1.807) is 32.9 Å². The Balaban J connectivity index is 1.76. The normalized spacial score (nSPS) is 19.3. The Bertz CT molecular complexity index is 692. The van der Waals surface area contributed by atoms with Gasteiger partial charge in [-0.15, -0.1) is 0 Å². The van der Waals surface area contributed by atoms with Crippen molar-refractivity contribution in [2.24, 2.45) is 0 Å². The van der Waals surface area contributed by atoms with Crippen molar-refractivity contribution in [3.8, 4) is 17.2 Å². The second-order valence-corrected chi connectivity index (χ2v) is 7.80. The molecule has 1 N–H and O–H groups in total. The van der Waals surface area contributed by atoms with Crippen molar-refractivity contribution in [3.05, 3.63) is 12.1 Å². The molecule has 1 aromatic rings. The van der Waals surface area contributed by atoms with E-state index in [2.05, 4.69) is 5.32 Å². The lowest BCUT2D eigenvalue weighted by Crippen LogP contribution is -2.31. The van der Waals surface area contributed by atoms with Gasteiger partial charge in [-0.1, -0.05) is 0 Å². The predicted molar refractivity (Wildman–Crippen MR) is 95.1 cm³/mol. The average molecular weight is 385 g/mol. The molecule has 3 rings (SSSR count). The summed E-state index contributed by atoms with van der Waals surface area (Å²) in [5, 5.41) is 2.65. The fourth-order valence-electron chi connectivity index (χ4n) is 3.03. The highest BCUT2D eigenvalue weighted by Gasteiger charge is 2.36. The number of carbonyl (C=O) groups excluding carboxylic acids is 1. The molecule has 1 amide bonds. The molecule has 1 aromatic carbocycles. The number of anilines is 1. The summed E-state index contributed by atoms with van der Waals surface area (Å²) in [7, 11) is 0. The minimum absolute atomic E-state index is 0.189. The van der Waals surface area contributed by atoms with Gasteiger partial charge in [0.2, 0.25) is 5.92 Å². The summed E-state index contributed by atoms with van der Waals surface area (Å²) in [5.74, 6) is -1.35. The smallest absolute Gasteiger partial charge is 0.412 e. The molecule has 1 heterocycles. The molecule has 150 valence electrons. The summed E-state index contributed by atoms with van der Waals surface area (Å²) in [4.78, 5) is 12.1. The predicted octanol–water partition coefficient (Wildman–Crippen LogP) is 4.76. The number of hydrogen-bond donors (Lipinski definition) is 1. The molecule has 8 heteroatoms. The Hall–Kier alpha value is -2.25. The summed E-state index contributed by atoms with van der Waals surface area (Å²) in [6.07, 6.45) is -0.766. The van der Waals surface area contributed by atoms with Crippen molar-refractivity contribution in [1.82, 2.24) is 0 Å². The number of ether oxygens (including phenoxy) is 4. The van der Waals surface area contributed by atoms with Crippen molar-refractivity contribution in [1.29, 1.82) is 0 Å². The number of nitrogens with one attached hydrogen (secondary N) is 1. The first-order valence-corrected chi connectivity index (χ1v) is 9.09. The van der Waals surface area contributed by atoms with Crippen LogP contribution < -0.4 is 19.5 Å². The molecule has 1 fully saturated rings. The molecule has 0 radical (unpaired) electrons. The topological polar surface area (TPSA) is 66.0 Å². The van der Waals surface area contributed by atoms with E-state index in [0.717, 1.165) is 0 Å². The van der Waals surface area contributed by atoms with Crippen molar-refractivity contribution in [2.75, 3.05) is 18.5 Å². The van der Waals surface area contributed by atoms with Gasteiger partial charge in [0.15, 0.2) is 11.5 Å². The van der Waals surface area contributed by atoms with Gasteiger partial charge in [-0.2, -0.15) is 0 Å². The highest BCUT2D eigenvalue weighted by atomic mass is 19.3. The van der Waals surface area contributed by atoms with Crippen LogP contribution in [0.5, 0.6) is 17.2 Å². The maximum Gasteiger partial charge on any atom is 0.412 e. The van der Waals surface area contributed by atoms with E-state index in [1.807, 2.05) is 0 Å². The van der Waals surface area contributed by atoms with Crippen LogP contribution in [-0.4, -0.2) is 36.9 Å². The molecule has 6 nitrogen and oxygen atoms in total. The highest BCUT2D eigenvalue weighted by molar-refractivity contribution is 5.88. The molecule has 0 spiro atoms. The van der Waals surface area contributed by atoms with Crippen LogP contribution in [0.15, 0.2) is 12.1 Å². The monoisotopic (exact) mass is 385 g/mol. The van der Waals surface area contributed by atoms with Gasteiger partial charge < -0.3 is 18.9 Å². The largest absolute Gasteiger partial charge is 0.490 e. The number of carbonyl (C=O) groups is 1. The summed E-state index contributed by atoms with van der Waals surface area (Å²) in [6.45, 7) is 6.02. The van der Waals surface area contributed by atoms with Gasteiger partial charge in [0.1, 0.15) is 24.6 Å².